The number of nitrogens with two attached hydrogens (primary N) is 1. The molecule has 1 aliphatic carbocycles. The molecule has 2 atom stereocenters. The van der Waals surface area contributed by atoms with Gasteiger partial charge >= 0.3 is 0 Å². The number of hydrogen-bond donors (Lipinski definition) is 3. The summed E-state index contributed by atoms with van der Waals surface area (Å²) in [5.74, 6) is 0.460. The van der Waals surface area contributed by atoms with Gasteiger partial charge in [0.1, 0.15) is 0 Å². The molecule has 19 heavy (non-hydrogen) atoms. The Bertz CT molecular complexity index is 404. The summed E-state index contributed by atoms with van der Waals surface area (Å²) in [5, 5.41) is 12.2. The van der Waals surface area contributed by atoms with Crippen LogP contribution in [0.4, 0.5) is 0 Å². The monoisotopic (exact) mass is 262 g/mol. The number of rotatable bonds is 7. The molecule has 0 bridgehead atoms. The summed E-state index contributed by atoms with van der Waals surface area (Å²) in [6.45, 7) is -0.0562. The SMILES string of the molecule is NC(CC(=O)N[C@@H](CO)Cc1ccccc1)C1CC1. The molecule has 1 fully saturated rings. The lowest BCUT2D eigenvalue weighted by molar-refractivity contribution is -0.122. The fourth-order valence-corrected chi connectivity index (χ4v) is 2.25. The van der Waals surface area contributed by atoms with E-state index in [4.69, 9.17) is 5.73 Å². The van der Waals surface area contributed by atoms with Crippen molar-refractivity contribution in [3.05, 3.63) is 35.9 Å². The lowest BCUT2D eigenvalue weighted by Gasteiger charge is -2.18. The fraction of sp³-hybridized carbons (Fsp3) is 0.533. The molecule has 1 aromatic rings. The lowest BCUT2D eigenvalue weighted by Crippen LogP contribution is -2.41. The zero-order valence-electron chi connectivity index (χ0n) is 11.1. The molecule has 0 aliphatic heterocycles. The maximum atomic E-state index is 11.8. The van der Waals surface area contributed by atoms with Gasteiger partial charge in [-0.25, -0.2) is 0 Å². The number of benzene rings is 1. The van der Waals surface area contributed by atoms with Crippen molar-refractivity contribution in [3.8, 4) is 0 Å². The third-order valence-corrected chi connectivity index (χ3v) is 3.56. The second kappa shape index (κ2) is 6.68. The first-order chi connectivity index (χ1) is 9.19. The van der Waals surface area contributed by atoms with E-state index in [0.29, 0.717) is 18.8 Å². The molecule has 1 saturated carbocycles. The lowest BCUT2D eigenvalue weighted by atomic mass is 10.1. The normalized spacial score (nSPS) is 17.8. The summed E-state index contributed by atoms with van der Waals surface area (Å²) in [4.78, 5) is 11.8. The topological polar surface area (TPSA) is 75.4 Å². The third kappa shape index (κ3) is 4.65. The Morgan fingerprint density at radius 2 is 2.05 bits per heavy atom. The summed E-state index contributed by atoms with van der Waals surface area (Å²) in [6, 6.07) is 9.57. The third-order valence-electron chi connectivity index (χ3n) is 3.56. The Morgan fingerprint density at radius 1 is 1.37 bits per heavy atom. The predicted octanol–water partition coefficient (Wildman–Crippen LogP) is 0.834. The fourth-order valence-electron chi connectivity index (χ4n) is 2.25. The van der Waals surface area contributed by atoms with Crippen LogP contribution in [0.15, 0.2) is 30.3 Å². The summed E-state index contributed by atoms with van der Waals surface area (Å²) >= 11 is 0. The molecule has 0 heterocycles. The van der Waals surface area contributed by atoms with Crippen LogP contribution in [0.1, 0.15) is 24.8 Å². The standard InChI is InChI=1S/C15H22N2O2/c16-14(12-6-7-12)9-15(19)17-13(10-18)8-11-4-2-1-3-5-11/h1-5,12-14,18H,6-10,16H2,(H,17,19)/t13-,14?/m1/s1. The van der Waals surface area contributed by atoms with Crippen molar-refractivity contribution >= 4 is 5.91 Å². The summed E-state index contributed by atoms with van der Waals surface area (Å²) in [6.07, 6.45) is 3.28. The smallest absolute Gasteiger partial charge is 0.221 e. The summed E-state index contributed by atoms with van der Waals surface area (Å²) in [7, 11) is 0. The molecule has 0 saturated heterocycles. The average Bonchev–Trinajstić information content (AvgIpc) is 3.23. The Hall–Kier alpha value is -1.39. The van der Waals surface area contributed by atoms with Crippen LogP contribution in [-0.2, 0) is 11.2 Å². The van der Waals surface area contributed by atoms with E-state index in [0.717, 1.165) is 18.4 Å². The molecule has 0 spiro atoms. The van der Waals surface area contributed by atoms with Crippen molar-refractivity contribution in [2.75, 3.05) is 6.61 Å². The number of aliphatic hydroxyl groups excluding tert-OH is 1. The van der Waals surface area contributed by atoms with Crippen molar-refractivity contribution < 1.29 is 9.90 Å². The molecule has 1 amide bonds. The summed E-state index contributed by atoms with van der Waals surface area (Å²) < 4.78 is 0. The van der Waals surface area contributed by atoms with E-state index in [1.54, 1.807) is 0 Å². The number of carbonyl (C=O) groups excluding carboxylic acids is 1. The van der Waals surface area contributed by atoms with Crippen molar-refractivity contribution in [1.29, 1.82) is 0 Å². The van der Waals surface area contributed by atoms with Crippen molar-refractivity contribution in [2.45, 2.75) is 37.8 Å². The second-order valence-electron chi connectivity index (χ2n) is 5.34. The molecule has 104 valence electrons. The molecule has 4 heteroatoms. The molecule has 1 aromatic carbocycles. The molecule has 1 aliphatic rings. The molecule has 4 nitrogen and oxygen atoms in total. The quantitative estimate of drug-likeness (QED) is 0.681. The van der Waals surface area contributed by atoms with Gasteiger partial charge in [0.15, 0.2) is 0 Å². The van der Waals surface area contributed by atoms with Gasteiger partial charge in [-0.3, -0.25) is 4.79 Å². The first-order valence-electron chi connectivity index (χ1n) is 6.88. The highest BCUT2D eigenvalue weighted by molar-refractivity contribution is 5.77. The van der Waals surface area contributed by atoms with Crippen molar-refractivity contribution in [2.24, 2.45) is 11.7 Å². The minimum atomic E-state index is -0.235. The van der Waals surface area contributed by atoms with Gasteiger partial charge in [-0.15, -0.1) is 0 Å². The van der Waals surface area contributed by atoms with Gasteiger partial charge in [0.25, 0.3) is 0 Å². The van der Waals surface area contributed by atoms with Crippen molar-refractivity contribution in [3.63, 3.8) is 0 Å². The first-order valence-corrected chi connectivity index (χ1v) is 6.88. The van der Waals surface area contributed by atoms with Crippen LogP contribution in [0, 0.1) is 5.92 Å². The Kier molecular flexibility index (Phi) is 4.93. The van der Waals surface area contributed by atoms with Gasteiger partial charge in [-0.1, -0.05) is 30.3 Å². The van der Waals surface area contributed by atoms with E-state index in [2.05, 4.69) is 5.32 Å². The van der Waals surface area contributed by atoms with E-state index in [9.17, 15) is 9.90 Å². The van der Waals surface area contributed by atoms with Crippen LogP contribution in [0.2, 0.25) is 0 Å². The zero-order valence-corrected chi connectivity index (χ0v) is 11.1. The molecular weight excluding hydrogens is 240 g/mol. The van der Waals surface area contributed by atoms with Crippen LogP contribution in [0.5, 0.6) is 0 Å². The highest BCUT2D eigenvalue weighted by Gasteiger charge is 2.30. The number of amides is 1. The van der Waals surface area contributed by atoms with Gasteiger partial charge < -0.3 is 16.2 Å². The Labute approximate surface area is 114 Å². The number of nitrogens with one attached hydrogen (secondary N) is 1. The minimum absolute atomic E-state index is 0.0314. The van der Waals surface area contributed by atoms with E-state index >= 15 is 0 Å². The molecule has 2 rings (SSSR count). The predicted molar refractivity (Wildman–Crippen MR) is 74.5 cm³/mol. The highest BCUT2D eigenvalue weighted by atomic mass is 16.3. The maximum Gasteiger partial charge on any atom is 0.221 e. The number of carbonyl (C=O) groups is 1. The summed E-state index contributed by atoms with van der Waals surface area (Å²) in [5.41, 5.74) is 7.03. The van der Waals surface area contributed by atoms with E-state index in [1.165, 1.54) is 0 Å². The second-order valence-corrected chi connectivity index (χ2v) is 5.34. The molecule has 0 radical (unpaired) electrons. The van der Waals surface area contributed by atoms with Gasteiger partial charge in [-0.05, 0) is 30.7 Å². The van der Waals surface area contributed by atoms with E-state index < -0.39 is 0 Å². The average molecular weight is 262 g/mol. The molecule has 1 unspecified atom stereocenters. The number of hydrogen-bond acceptors (Lipinski definition) is 3. The van der Waals surface area contributed by atoms with Gasteiger partial charge in [-0.2, -0.15) is 0 Å². The molecule has 4 N–H and O–H groups in total. The van der Waals surface area contributed by atoms with Crippen LogP contribution >= 0.6 is 0 Å². The van der Waals surface area contributed by atoms with E-state index in [-0.39, 0.29) is 24.6 Å². The first kappa shape index (κ1) is 14.0. The Balaban J connectivity index is 1.79. The van der Waals surface area contributed by atoms with Crippen LogP contribution in [0.3, 0.4) is 0 Å². The number of aliphatic hydroxyl groups is 1. The van der Waals surface area contributed by atoms with Crippen LogP contribution in [-0.4, -0.2) is 29.7 Å². The maximum absolute atomic E-state index is 11.8. The molecule has 0 aromatic heterocycles. The van der Waals surface area contributed by atoms with E-state index in [1.807, 2.05) is 30.3 Å². The van der Waals surface area contributed by atoms with Gasteiger partial charge in [0, 0.05) is 12.5 Å². The Morgan fingerprint density at radius 3 is 2.63 bits per heavy atom. The highest BCUT2D eigenvalue weighted by Crippen LogP contribution is 2.32. The molecular formula is C15H22N2O2. The van der Waals surface area contributed by atoms with Crippen LogP contribution < -0.4 is 11.1 Å². The van der Waals surface area contributed by atoms with Gasteiger partial charge in [0.05, 0.1) is 12.6 Å². The van der Waals surface area contributed by atoms with Crippen molar-refractivity contribution in [1.82, 2.24) is 5.32 Å². The zero-order chi connectivity index (χ0) is 13.7. The largest absolute Gasteiger partial charge is 0.394 e. The minimum Gasteiger partial charge on any atom is -0.394 e. The van der Waals surface area contributed by atoms with Gasteiger partial charge in [0.2, 0.25) is 5.91 Å². The van der Waals surface area contributed by atoms with Crippen LogP contribution in [0.25, 0.3) is 0 Å².